The number of phenolic OH excluding ortho intramolecular Hbond substituents is 1. The molecule has 0 fully saturated rings. The van der Waals surface area contributed by atoms with E-state index >= 15 is 0 Å². The Balaban J connectivity index is 1.70. The van der Waals surface area contributed by atoms with E-state index in [1.807, 2.05) is 19.2 Å². The monoisotopic (exact) mass is 375 g/mol. The molecule has 0 bridgehead atoms. The van der Waals surface area contributed by atoms with E-state index in [1.165, 1.54) is 7.11 Å². The first-order valence-electron chi connectivity index (χ1n) is 8.96. The third-order valence-electron chi connectivity index (χ3n) is 4.68. The van der Waals surface area contributed by atoms with Gasteiger partial charge in [0.05, 0.1) is 18.8 Å². The van der Waals surface area contributed by atoms with Gasteiger partial charge in [-0.3, -0.25) is 5.10 Å². The number of aromatic hydroxyl groups is 1. The molecule has 0 aliphatic heterocycles. The first kappa shape index (κ1) is 17.8. The van der Waals surface area contributed by atoms with E-state index in [1.54, 1.807) is 18.3 Å². The molecule has 4 aromatic rings. The molecule has 2 aromatic heterocycles. The fourth-order valence-corrected chi connectivity index (χ4v) is 3.22. The van der Waals surface area contributed by atoms with Crippen molar-refractivity contribution in [3.8, 4) is 22.6 Å². The van der Waals surface area contributed by atoms with Gasteiger partial charge in [0.25, 0.3) is 0 Å². The molecule has 2 heterocycles. The fraction of sp³-hybridized carbons (Fsp3) is 0.190. The Morgan fingerprint density at radius 3 is 2.75 bits per heavy atom. The van der Waals surface area contributed by atoms with Crippen molar-refractivity contribution in [1.29, 1.82) is 0 Å². The maximum Gasteiger partial charge on any atom is 0.162 e. The molecule has 0 radical (unpaired) electrons. The van der Waals surface area contributed by atoms with Crippen LogP contribution < -0.4 is 10.1 Å². The highest BCUT2D eigenvalue weighted by Crippen LogP contribution is 2.34. The first-order chi connectivity index (χ1) is 13.5. The molecule has 0 aliphatic rings. The molecule has 4 rings (SSSR count). The minimum atomic E-state index is -0.00593. The third-order valence-corrected chi connectivity index (χ3v) is 4.68. The second-order valence-electron chi connectivity index (χ2n) is 6.64. The SMILES string of the molecule is COc1cc2nc(C)nc(N[C@H](C)c3cccc(-c4cn[nH]c4)c3)c2cc1O. The summed E-state index contributed by atoms with van der Waals surface area (Å²) in [7, 11) is 1.52. The number of aryl methyl sites for hydroxylation is 1. The molecule has 0 spiro atoms. The average Bonchev–Trinajstić information content (AvgIpc) is 3.23. The lowest BCUT2D eigenvalue weighted by Crippen LogP contribution is -2.09. The van der Waals surface area contributed by atoms with Crippen molar-refractivity contribution in [3.63, 3.8) is 0 Å². The number of nitrogens with zero attached hydrogens (tertiary/aromatic N) is 3. The quantitative estimate of drug-likeness (QED) is 0.483. The Morgan fingerprint density at radius 2 is 2.00 bits per heavy atom. The van der Waals surface area contributed by atoms with Crippen LogP contribution in [0.25, 0.3) is 22.0 Å². The summed E-state index contributed by atoms with van der Waals surface area (Å²) in [5.41, 5.74) is 3.95. The van der Waals surface area contributed by atoms with Gasteiger partial charge in [-0.25, -0.2) is 9.97 Å². The van der Waals surface area contributed by atoms with Crippen molar-refractivity contribution < 1.29 is 9.84 Å². The molecule has 0 unspecified atom stereocenters. The standard InChI is InChI=1S/C21H21N5O2/c1-12(14-5-4-6-15(7-14)16-10-22-23-11-16)24-21-17-8-19(27)20(28-3)9-18(17)25-13(2)26-21/h4-12,27H,1-3H3,(H,22,23)(H,24,25,26)/t12-/m1/s1. The molecule has 0 saturated heterocycles. The third kappa shape index (κ3) is 3.34. The van der Waals surface area contributed by atoms with E-state index in [2.05, 4.69) is 50.6 Å². The number of anilines is 1. The maximum absolute atomic E-state index is 10.2. The molecule has 142 valence electrons. The number of aromatic amines is 1. The number of hydrogen-bond acceptors (Lipinski definition) is 6. The van der Waals surface area contributed by atoms with Crippen molar-refractivity contribution in [2.24, 2.45) is 0 Å². The van der Waals surface area contributed by atoms with Crippen molar-refractivity contribution in [2.45, 2.75) is 19.9 Å². The summed E-state index contributed by atoms with van der Waals surface area (Å²) < 4.78 is 5.19. The van der Waals surface area contributed by atoms with E-state index in [0.29, 0.717) is 22.9 Å². The van der Waals surface area contributed by atoms with Gasteiger partial charge < -0.3 is 15.2 Å². The number of aromatic nitrogens is 4. The minimum absolute atomic E-state index is 0.00593. The van der Waals surface area contributed by atoms with Gasteiger partial charge in [0.2, 0.25) is 0 Å². The van der Waals surface area contributed by atoms with Crippen LogP contribution in [-0.4, -0.2) is 32.4 Å². The fourth-order valence-electron chi connectivity index (χ4n) is 3.22. The largest absolute Gasteiger partial charge is 0.504 e. The molecule has 1 atom stereocenters. The molecule has 28 heavy (non-hydrogen) atoms. The van der Waals surface area contributed by atoms with Crippen LogP contribution in [0.15, 0.2) is 48.8 Å². The zero-order valence-corrected chi connectivity index (χ0v) is 15.9. The van der Waals surface area contributed by atoms with Crippen LogP contribution in [0, 0.1) is 6.92 Å². The summed E-state index contributed by atoms with van der Waals surface area (Å²) >= 11 is 0. The second kappa shape index (κ2) is 7.19. The summed E-state index contributed by atoms with van der Waals surface area (Å²) in [6, 6.07) is 11.6. The predicted molar refractivity (Wildman–Crippen MR) is 109 cm³/mol. The molecule has 0 aliphatic carbocycles. The summed E-state index contributed by atoms with van der Waals surface area (Å²) in [6.45, 7) is 3.91. The molecule has 7 heteroatoms. The Labute approximate surface area is 162 Å². The van der Waals surface area contributed by atoms with Gasteiger partial charge in [-0.2, -0.15) is 5.10 Å². The normalized spacial score (nSPS) is 12.1. The van der Waals surface area contributed by atoms with E-state index in [0.717, 1.165) is 22.1 Å². The first-order valence-corrected chi connectivity index (χ1v) is 8.96. The van der Waals surface area contributed by atoms with Gasteiger partial charge in [0.1, 0.15) is 11.6 Å². The van der Waals surface area contributed by atoms with Gasteiger partial charge in [0, 0.05) is 29.3 Å². The van der Waals surface area contributed by atoms with Gasteiger partial charge in [-0.15, -0.1) is 0 Å². The molecular formula is C21H21N5O2. The number of hydrogen-bond donors (Lipinski definition) is 3. The number of ether oxygens (including phenoxy) is 1. The zero-order valence-electron chi connectivity index (χ0n) is 15.9. The predicted octanol–water partition coefficient (Wildman–Crippen LogP) is 4.22. The van der Waals surface area contributed by atoms with Crippen LogP contribution in [0.2, 0.25) is 0 Å². The van der Waals surface area contributed by atoms with Crippen molar-refractivity contribution in [3.05, 3.63) is 60.2 Å². The minimum Gasteiger partial charge on any atom is -0.504 e. The Bertz CT molecular complexity index is 1130. The lowest BCUT2D eigenvalue weighted by Gasteiger charge is -2.18. The van der Waals surface area contributed by atoms with Crippen molar-refractivity contribution in [2.75, 3.05) is 12.4 Å². The highest BCUT2D eigenvalue weighted by Gasteiger charge is 2.14. The van der Waals surface area contributed by atoms with E-state index in [9.17, 15) is 5.11 Å². The number of fused-ring (bicyclic) bond motifs is 1. The van der Waals surface area contributed by atoms with E-state index in [4.69, 9.17) is 4.74 Å². The topological polar surface area (TPSA) is 96.0 Å². The van der Waals surface area contributed by atoms with E-state index in [-0.39, 0.29) is 11.8 Å². The summed E-state index contributed by atoms with van der Waals surface area (Å²) in [5.74, 6) is 1.75. The number of benzene rings is 2. The van der Waals surface area contributed by atoms with Crippen molar-refractivity contribution >= 4 is 16.7 Å². The van der Waals surface area contributed by atoms with Crippen LogP contribution in [0.5, 0.6) is 11.5 Å². The van der Waals surface area contributed by atoms with Crippen LogP contribution in [0.3, 0.4) is 0 Å². The Hall–Kier alpha value is -3.61. The molecule has 7 nitrogen and oxygen atoms in total. The molecule has 0 saturated carbocycles. The number of phenols is 1. The molecular weight excluding hydrogens is 354 g/mol. The number of H-pyrrole nitrogens is 1. The zero-order chi connectivity index (χ0) is 19.7. The molecule has 0 amide bonds. The Morgan fingerprint density at radius 1 is 1.14 bits per heavy atom. The lowest BCUT2D eigenvalue weighted by atomic mass is 10.0. The molecule has 3 N–H and O–H groups in total. The maximum atomic E-state index is 10.2. The summed E-state index contributed by atoms with van der Waals surface area (Å²) in [5, 5.41) is 21.2. The van der Waals surface area contributed by atoms with Crippen LogP contribution in [-0.2, 0) is 0 Å². The summed E-state index contributed by atoms with van der Waals surface area (Å²) in [4.78, 5) is 9.01. The average molecular weight is 375 g/mol. The van der Waals surface area contributed by atoms with Gasteiger partial charge in [-0.05, 0) is 37.1 Å². The second-order valence-corrected chi connectivity index (χ2v) is 6.64. The van der Waals surface area contributed by atoms with Crippen molar-refractivity contribution in [1.82, 2.24) is 20.2 Å². The number of methoxy groups -OCH3 is 1. The number of nitrogens with one attached hydrogen (secondary N) is 2. The smallest absolute Gasteiger partial charge is 0.162 e. The van der Waals surface area contributed by atoms with E-state index < -0.39 is 0 Å². The van der Waals surface area contributed by atoms with Crippen LogP contribution in [0.4, 0.5) is 5.82 Å². The summed E-state index contributed by atoms with van der Waals surface area (Å²) in [6.07, 6.45) is 3.67. The van der Waals surface area contributed by atoms with Gasteiger partial charge >= 0.3 is 0 Å². The Kier molecular flexibility index (Phi) is 4.57. The lowest BCUT2D eigenvalue weighted by molar-refractivity contribution is 0.374. The van der Waals surface area contributed by atoms with Crippen LogP contribution >= 0.6 is 0 Å². The highest BCUT2D eigenvalue weighted by molar-refractivity contribution is 5.91. The van der Waals surface area contributed by atoms with Crippen LogP contribution in [0.1, 0.15) is 24.4 Å². The highest BCUT2D eigenvalue weighted by atomic mass is 16.5. The molecule has 2 aromatic carbocycles. The van der Waals surface area contributed by atoms with Gasteiger partial charge in [-0.1, -0.05) is 18.2 Å². The van der Waals surface area contributed by atoms with Gasteiger partial charge in [0.15, 0.2) is 11.5 Å². The number of rotatable bonds is 5.